The van der Waals surface area contributed by atoms with E-state index in [-0.39, 0.29) is 0 Å². The van der Waals surface area contributed by atoms with E-state index in [2.05, 4.69) is 11.8 Å². The summed E-state index contributed by atoms with van der Waals surface area (Å²) in [6.07, 6.45) is 5.64. The molecule has 0 spiro atoms. The zero-order valence-corrected chi connectivity index (χ0v) is 8.00. The molecule has 3 nitrogen and oxygen atoms in total. The second-order valence-corrected chi connectivity index (χ2v) is 3.04. The van der Waals surface area contributed by atoms with Gasteiger partial charge in [0, 0.05) is 0 Å². The Balaban J connectivity index is 0.000000354. The van der Waals surface area contributed by atoms with Crippen molar-refractivity contribution >= 4 is 7.69 Å². The molecule has 1 aliphatic heterocycles. The minimum absolute atomic E-state index is 0.750. The summed E-state index contributed by atoms with van der Waals surface area (Å²) in [5.74, 6) is 0. The lowest BCUT2D eigenvalue weighted by Gasteiger charge is -2.25. The predicted molar refractivity (Wildman–Crippen MR) is 52.2 cm³/mol. The minimum Gasteiger partial charge on any atom is -0.430 e. The number of rotatable bonds is 2. The molecule has 0 unspecified atom stereocenters. The van der Waals surface area contributed by atoms with Gasteiger partial charge in [-0.05, 0) is 38.9 Å². The highest BCUT2D eigenvalue weighted by Crippen LogP contribution is 2.07. The third-order valence-electron chi connectivity index (χ3n) is 1.99. The van der Waals surface area contributed by atoms with Crippen molar-refractivity contribution in [2.45, 2.75) is 32.6 Å². The van der Waals surface area contributed by atoms with Crippen LogP contribution in [0.25, 0.3) is 0 Å². The number of hydrogen-bond acceptors (Lipinski definition) is 3. The van der Waals surface area contributed by atoms with Crippen molar-refractivity contribution in [1.82, 2.24) is 4.90 Å². The van der Waals surface area contributed by atoms with Gasteiger partial charge in [-0.1, -0.05) is 13.3 Å². The van der Waals surface area contributed by atoms with Gasteiger partial charge in [0.15, 0.2) is 0 Å². The Labute approximate surface area is 75.7 Å². The van der Waals surface area contributed by atoms with Crippen LogP contribution in [0, 0.1) is 0 Å². The van der Waals surface area contributed by atoms with Gasteiger partial charge >= 0.3 is 7.69 Å². The van der Waals surface area contributed by atoms with E-state index >= 15 is 0 Å². The van der Waals surface area contributed by atoms with Crippen molar-refractivity contribution in [2.75, 3.05) is 19.6 Å². The standard InChI is InChI=1S/C8H17N.BH3O2/c1-2-6-9-7-4-3-5-8-9;2-1-3/h2-8H2,1H3;1-3H. The molecule has 1 saturated heterocycles. The zero-order chi connectivity index (χ0) is 9.23. The van der Waals surface area contributed by atoms with Gasteiger partial charge in [-0.25, -0.2) is 0 Å². The van der Waals surface area contributed by atoms with Crippen molar-refractivity contribution in [1.29, 1.82) is 0 Å². The van der Waals surface area contributed by atoms with Crippen LogP contribution in [0.15, 0.2) is 0 Å². The summed E-state index contributed by atoms with van der Waals surface area (Å²) in [5, 5.41) is 14.2. The fourth-order valence-electron chi connectivity index (χ4n) is 1.50. The van der Waals surface area contributed by atoms with Gasteiger partial charge in [0.05, 0.1) is 0 Å². The van der Waals surface area contributed by atoms with Crippen LogP contribution in [0.4, 0.5) is 0 Å². The molecule has 0 bridgehead atoms. The first-order valence-corrected chi connectivity index (χ1v) is 4.79. The van der Waals surface area contributed by atoms with Crippen LogP contribution in [-0.2, 0) is 0 Å². The van der Waals surface area contributed by atoms with E-state index in [9.17, 15) is 0 Å². The van der Waals surface area contributed by atoms with Crippen LogP contribution in [-0.4, -0.2) is 42.3 Å². The van der Waals surface area contributed by atoms with Crippen molar-refractivity contribution in [3.8, 4) is 0 Å². The summed E-state index contributed by atoms with van der Waals surface area (Å²) >= 11 is 0. The van der Waals surface area contributed by atoms with Gasteiger partial charge < -0.3 is 14.9 Å². The second kappa shape index (κ2) is 9.04. The van der Waals surface area contributed by atoms with E-state index in [1.165, 1.54) is 45.3 Å². The second-order valence-electron chi connectivity index (χ2n) is 3.04. The van der Waals surface area contributed by atoms with Gasteiger partial charge in [0.25, 0.3) is 0 Å². The molecular formula is C8H20BNO2. The van der Waals surface area contributed by atoms with Gasteiger partial charge in [0.2, 0.25) is 0 Å². The third-order valence-corrected chi connectivity index (χ3v) is 1.99. The van der Waals surface area contributed by atoms with Crippen LogP contribution in [0.3, 0.4) is 0 Å². The number of likely N-dealkylation sites (tertiary alicyclic amines) is 1. The van der Waals surface area contributed by atoms with Crippen LogP contribution in [0.5, 0.6) is 0 Å². The molecule has 0 aliphatic carbocycles. The molecule has 12 heavy (non-hydrogen) atoms. The number of piperidine rings is 1. The number of nitrogens with zero attached hydrogens (tertiary/aromatic N) is 1. The maximum atomic E-state index is 7.12. The van der Waals surface area contributed by atoms with E-state index in [4.69, 9.17) is 10.0 Å². The smallest absolute Gasteiger partial charge is 0.430 e. The summed E-state index contributed by atoms with van der Waals surface area (Å²) in [6.45, 7) is 6.29. The largest absolute Gasteiger partial charge is 0.432 e. The molecule has 2 N–H and O–H groups in total. The van der Waals surface area contributed by atoms with Gasteiger partial charge in [-0.2, -0.15) is 0 Å². The molecule has 1 heterocycles. The van der Waals surface area contributed by atoms with Crippen LogP contribution in [0.2, 0.25) is 0 Å². The summed E-state index contributed by atoms with van der Waals surface area (Å²) in [4.78, 5) is 2.57. The topological polar surface area (TPSA) is 43.7 Å². The molecule has 1 fully saturated rings. The quantitative estimate of drug-likeness (QED) is 0.583. The Kier molecular flexibility index (Phi) is 8.99. The van der Waals surface area contributed by atoms with E-state index in [0.29, 0.717) is 0 Å². The van der Waals surface area contributed by atoms with Crippen molar-refractivity contribution < 1.29 is 10.0 Å². The van der Waals surface area contributed by atoms with Crippen LogP contribution >= 0.6 is 0 Å². The molecule has 0 aromatic carbocycles. The first-order chi connectivity index (χ1) is 5.85. The Hall–Kier alpha value is -0.0551. The molecule has 1 rings (SSSR count). The Morgan fingerprint density at radius 3 is 2.08 bits per heavy atom. The molecule has 0 amide bonds. The van der Waals surface area contributed by atoms with Crippen molar-refractivity contribution in [2.24, 2.45) is 0 Å². The molecule has 0 saturated carbocycles. The Morgan fingerprint density at radius 1 is 1.17 bits per heavy atom. The van der Waals surface area contributed by atoms with Crippen LogP contribution in [0.1, 0.15) is 32.6 Å². The molecule has 1 aliphatic rings. The fraction of sp³-hybridized carbons (Fsp3) is 1.00. The van der Waals surface area contributed by atoms with E-state index in [1.54, 1.807) is 0 Å². The monoisotopic (exact) mass is 173 g/mol. The fourth-order valence-corrected chi connectivity index (χ4v) is 1.50. The summed E-state index contributed by atoms with van der Waals surface area (Å²) in [5.41, 5.74) is 0. The summed E-state index contributed by atoms with van der Waals surface area (Å²) in [6, 6.07) is 0. The summed E-state index contributed by atoms with van der Waals surface area (Å²) in [7, 11) is -0.750. The Morgan fingerprint density at radius 2 is 1.67 bits per heavy atom. The summed E-state index contributed by atoms with van der Waals surface area (Å²) < 4.78 is 0. The zero-order valence-electron chi connectivity index (χ0n) is 8.00. The molecule has 0 aromatic heterocycles. The van der Waals surface area contributed by atoms with E-state index < -0.39 is 7.69 Å². The first-order valence-electron chi connectivity index (χ1n) is 4.79. The van der Waals surface area contributed by atoms with Crippen molar-refractivity contribution in [3.63, 3.8) is 0 Å². The van der Waals surface area contributed by atoms with Gasteiger partial charge in [0.1, 0.15) is 0 Å². The molecule has 4 heteroatoms. The van der Waals surface area contributed by atoms with Crippen molar-refractivity contribution in [3.05, 3.63) is 0 Å². The Bertz CT molecular complexity index is 84.4. The lowest BCUT2D eigenvalue weighted by Crippen LogP contribution is -2.30. The first kappa shape index (κ1) is 11.9. The molecule has 0 atom stereocenters. The maximum Gasteiger partial charge on any atom is 0.432 e. The maximum absolute atomic E-state index is 7.12. The highest BCUT2D eigenvalue weighted by molar-refractivity contribution is 6.13. The lowest BCUT2D eigenvalue weighted by atomic mass is 10.1. The van der Waals surface area contributed by atoms with E-state index in [0.717, 1.165) is 0 Å². The minimum atomic E-state index is -0.750. The molecule has 72 valence electrons. The molecular weight excluding hydrogens is 153 g/mol. The predicted octanol–water partition coefficient (Wildman–Crippen LogP) is 0.120. The van der Waals surface area contributed by atoms with Gasteiger partial charge in [-0.15, -0.1) is 0 Å². The average molecular weight is 173 g/mol. The highest BCUT2D eigenvalue weighted by Gasteiger charge is 2.07. The third kappa shape index (κ3) is 6.64. The number of hydrogen-bond donors (Lipinski definition) is 2. The molecule has 0 radical (unpaired) electrons. The normalized spacial score (nSPS) is 17.9. The SMILES string of the molecule is CCCN1CCCCC1.OBO. The average Bonchev–Trinajstić information content (AvgIpc) is 2.08. The lowest BCUT2D eigenvalue weighted by molar-refractivity contribution is 0.229. The van der Waals surface area contributed by atoms with Gasteiger partial charge in [-0.3, -0.25) is 0 Å². The highest BCUT2D eigenvalue weighted by atomic mass is 16.4. The molecule has 0 aromatic rings. The van der Waals surface area contributed by atoms with Crippen LogP contribution < -0.4 is 0 Å². The van der Waals surface area contributed by atoms with E-state index in [1.807, 2.05) is 0 Å².